The van der Waals surface area contributed by atoms with Gasteiger partial charge in [-0.25, -0.2) is 0 Å². The molecular formula is C30H25BrN2O4. The zero-order chi connectivity index (χ0) is 26.2. The fourth-order valence-electron chi connectivity index (χ4n) is 3.87. The number of hydrogen-bond acceptors (Lipinski definition) is 5. The molecule has 0 spiro atoms. The highest BCUT2D eigenvalue weighted by atomic mass is 79.9. The fourth-order valence-corrected chi connectivity index (χ4v) is 4.44. The van der Waals surface area contributed by atoms with E-state index in [1.807, 2.05) is 54.6 Å². The molecule has 0 aliphatic carbocycles. The number of hydrogen-bond donors (Lipinski definition) is 1. The maximum Gasteiger partial charge on any atom is 0.262 e. The highest BCUT2D eigenvalue weighted by Gasteiger charge is 2.15. The van der Waals surface area contributed by atoms with E-state index in [2.05, 4.69) is 39.4 Å². The van der Waals surface area contributed by atoms with E-state index in [0.29, 0.717) is 28.1 Å². The van der Waals surface area contributed by atoms with Crippen LogP contribution in [0, 0.1) is 11.3 Å². The van der Waals surface area contributed by atoms with Gasteiger partial charge in [-0.15, -0.1) is 0 Å². The average molecular weight is 557 g/mol. The second-order valence-corrected chi connectivity index (χ2v) is 9.02. The van der Waals surface area contributed by atoms with E-state index >= 15 is 0 Å². The van der Waals surface area contributed by atoms with Crippen LogP contribution in [0.2, 0.25) is 0 Å². The normalized spacial score (nSPS) is 11.0. The molecule has 0 fully saturated rings. The van der Waals surface area contributed by atoms with Crippen molar-refractivity contribution < 1.29 is 19.0 Å². The first-order chi connectivity index (χ1) is 18.0. The lowest BCUT2D eigenvalue weighted by molar-refractivity contribution is -0.117. The van der Waals surface area contributed by atoms with Crippen LogP contribution >= 0.6 is 15.9 Å². The van der Waals surface area contributed by atoms with Gasteiger partial charge in [0, 0.05) is 6.54 Å². The predicted molar refractivity (Wildman–Crippen MR) is 147 cm³/mol. The lowest BCUT2D eigenvalue weighted by atomic mass is 10.1. The molecule has 7 heteroatoms. The average Bonchev–Trinajstić information content (AvgIpc) is 2.94. The molecule has 0 unspecified atom stereocenters. The van der Waals surface area contributed by atoms with Gasteiger partial charge in [0.25, 0.3) is 5.91 Å². The zero-order valence-electron chi connectivity index (χ0n) is 20.5. The third-order valence-electron chi connectivity index (χ3n) is 5.79. The summed E-state index contributed by atoms with van der Waals surface area (Å²) in [7, 11) is 3.14. The number of methoxy groups -OCH3 is 2. The number of carbonyl (C=O) groups is 1. The first-order valence-electron chi connectivity index (χ1n) is 11.5. The molecular weight excluding hydrogens is 532 g/mol. The Bertz CT molecular complexity index is 1480. The molecule has 0 aliphatic rings. The SMILES string of the molecule is COc1ccc(CNC(=O)/C(C#N)=C/c2cc(Br)c(OCc3cccc4ccccc34)c(OC)c2)cc1. The minimum absolute atomic E-state index is 0.0214. The molecule has 0 bridgehead atoms. The van der Waals surface area contributed by atoms with Crippen LogP contribution in [0.25, 0.3) is 16.8 Å². The maximum absolute atomic E-state index is 12.7. The van der Waals surface area contributed by atoms with Crippen LogP contribution < -0.4 is 19.5 Å². The summed E-state index contributed by atoms with van der Waals surface area (Å²) < 4.78 is 17.5. The van der Waals surface area contributed by atoms with Gasteiger partial charge in [0.05, 0.1) is 18.7 Å². The number of nitriles is 1. The lowest BCUT2D eigenvalue weighted by Gasteiger charge is -2.15. The molecule has 0 saturated heterocycles. The number of nitrogens with one attached hydrogen (secondary N) is 1. The smallest absolute Gasteiger partial charge is 0.262 e. The second-order valence-electron chi connectivity index (χ2n) is 8.16. The highest BCUT2D eigenvalue weighted by Crippen LogP contribution is 2.38. The van der Waals surface area contributed by atoms with Crippen LogP contribution in [-0.4, -0.2) is 20.1 Å². The Labute approximate surface area is 224 Å². The molecule has 4 rings (SSSR count). The van der Waals surface area contributed by atoms with Gasteiger partial charge in [-0.3, -0.25) is 4.79 Å². The summed E-state index contributed by atoms with van der Waals surface area (Å²) in [4.78, 5) is 12.7. The topological polar surface area (TPSA) is 80.6 Å². The summed E-state index contributed by atoms with van der Waals surface area (Å²) >= 11 is 3.56. The molecule has 0 atom stereocenters. The van der Waals surface area contributed by atoms with E-state index < -0.39 is 5.91 Å². The minimum atomic E-state index is -0.468. The van der Waals surface area contributed by atoms with Crippen LogP contribution in [-0.2, 0) is 17.9 Å². The molecule has 6 nitrogen and oxygen atoms in total. The Balaban J connectivity index is 1.50. The Morgan fingerprint density at radius 3 is 2.49 bits per heavy atom. The van der Waals surface area contributed by atoms with Crippen molar-refractivity contribution in [3.63, 3.8) is 0 Å². The summed E-state index contributed by atoms with van der Waals surface area (Å²) in [5, 5.41) is 14.7. The van der Waals surface area contributed by atoms with E-state index in [4.69, 9.17) is 14.2 Å². The van der Waals surface area contributed by atoms with Crippen molar-refractivity contribution in [2.75, 3.05) is 14.2 Å². The Morgan fingerprint density at radius 1 is 1.00 bits per heavy atom. The standard InChI is InChI=1S/C30H25BrN2O4/c1-35-25-12-10-20(11-13-25)18-33-30(34)24(17-32)14-21-15-27(31)29(28(16-21)36-2)37-19-23-8-5-7-22-6-3-4-9-26(22)23/h3-16H,18-19H2,1-2H3,(H,33,34)/b24-14+. The molecule has 0 aromatic heterocycles. The number of carbonyl (C=O) groups excluding carboxylic acids is 1. The van der Waals surface area contributed by atoms with Gasteiger partial charge >= 0.3 is 0 Å². The predicted octanol–water partition coefficient (Wildman–Crippen LogP) is 6.42. The molecule has 0 saturated carbocycles. The van der Waals surface area contributed by atoms with Gasteiger partial charge in [0.1, 0.15) is 24.0 Å². The second kappa shape index (κ2) is 12.1. The van der Waals surface area contributed by atoms with Gasteiger partial charge in [0.2, 0.25) is 0 Å². The Kier molecular flexibility index (Phi) is 8.44. The van der Waals surface area contributed by atoms with Crippen molar-refractivity contribution in [2.45, 2.75) is 13.2 Å². The number of halogens is 1. The summed E-state index contributed by atoms with van der Waals surface area (Å²) in [6.07, 6.45) is 1.52. The van der Waals surface area contributed by atoms with E-state index in [1.54, 1.807) is 26.4 Å². The van der Waals surface area contributed by atoms with Crippen LogP contribution in [0.1, 0.15) is 16.7 Å². The minimum Gasteiger partial charge on any atom is -0.497 e. The van der Waals surface area contributed by atoms with Crippen molar-refractivity contribution in [3.05, 3.63) is 106 Å². The van der Waals surface area contributed by atoms with Crippen molar-refractivity contribution in [1.29, 1.82) is 5.26 Å². The fraction of sp³-hybridized carbons (Fsp3) is 0.133. The molecule has 0 heterocycles. The monoisotopic (exact) mass is 556 g/mol. The summed E-state index contributed by atoms with van der Waals surface area (Å²) in [5.41, 5.74) is 2.55. The number of nitrogens with zero attached hydrogens (tertiary/aromatic N) is 1. The lowest BCUT2D eigenvalue weighted by Crippen LogP contribution is -2.23. The third-order valence-corrected chi connectivity index (χ3v) is 6.38. The molecule has 1 N–H and O–H groups in total. The van der Waals surface area contributed by atoms with E-state index in [-0.39, 0.29) is 12.1 Å². The number of benzene rings is 4. The molecule has 1 amide bonds. The van der Waals surface area contributed by atoms with Gasteiger partial charge in [-0.2, -0.15) is 5.26 Å². The van der Waals surface area contributed by atoms with Gasteiger partial charge in [-0.05, 0) is 73.7 Å². The summed E-state index contributed by atoms with van der Waals surface area (Å²) in [5.74, 6) is 1.29. The van der Waals surface area contributed by atoms with Gasteiger partial charge < -0.3 is 19.5 Å². The van der Waals surface area contributed by atoms with Crippen LogP contribution in [0.5, 0.6) is 17.2 Å². The van der Waals surface area contributed by atoms with Crippen molar-refractivity contribution in [2.24, 2.45) is 0 Å². The maximum atomic E-state index is 12.7. The summed E-state index contributed by atoms with van der Waals surface area (Å²) in [6, 6.07) is 27.1. The molecule has 0 radical (unpaired) electrons. The van der Waals surface area contributed by atoms with Crippen LogP contribution in [0.4, 0.5) is 0 Å². The van der Waals surface area contributed by atoms with Crippen LogP contribution in [0.15, 0.2) is 88.9 Å². The molecule has 4 aromatic rings. The number of rotatable bonds is 9. The first kappa shape index (κ1) is 25.8. The quantitative estimate of drug-likeness (QED) is 0.190. The first-order valence-corrected chi connectivity index (χ1v) is 12.3. The third kappa shape index (κ3) is 6.29. The van der Waals surface area contributed by atoms with Crippen molar-refractivity contribution >= 4 is 38.7 Å². The molecule has 186 valence electrons. The Hall–Kier alpha value is -4.28. The molecule has 0 aliphatic heterocycles. The van der Waals surface area contributed by atoms with Gasteiger partial charge in [-0.1, -0.05) is 54.6 Å². The largest absolute Gasteiger partial charge is 0.497 e. The van der Waals surface area contributed by atoms with E-state index in [9.17, 15) is 10.1 Å². The van der Waals surface area contributed by atoms with E-state index in [1.165, 1.54) is 6.08 Å². The zero-order valence-corrected chi connectivity index (χ0v) is 22.0. The number of ether oxygens (including phenoxy) is 3. The van der Waals surface area contributed by atoms with E-state index in [0.717, 1.165) is 27.6 Å². The number of amides is 1. The summed E-state index contributed by atoms with van der Waals surface area (Å²) in [6.45, 7) is 0.637. The van der Waals surface area contributed by atoms with Crippen molar-refractivity contribution in [1.82, 2.24) is 5.32 Å². The van der Waals surface area contributed by atoms with Gasteiger partial charge in [0.15, 0.2) is 11.5 Å². The Morgan fingerprint density at radius 2 is 1.76 bits per heavy atom. The van der Waals surface area contributed by atoms with Crippen molar-refractivity contribution in [3.8, 4) is 23.3 Å². The molecule has 37 heavy (non-hydrogen) atoms. The molecule has 4 aromatic carbocycles. The van der Waals surface area contributed by atoms with Crippen LogP contribution in [0.3, 0.4) is 0 Å². The highest BCUT2D eigenvalue weighted by molar-refractivity contribution is 9.10. The number of fused-ring (bicyclic) bond motifs is 1.